The second-order valence-corrected chi connectivity index (χ2v) is 5.43. The van der Waals surface area contributed by atoms with E-state index in [1.54, 1.807) is 18.4 Å². The van der Waals surface area contributed by atoms with Gasteiger partial charge in [-0.2, -0.15) is 0 Å². The summed E-state index contributed by atoms with van der Waals surface area (Å²) in [5.74, 6) is 0.384. The number of hydrogen-bond donors (Lipinski definition) is 1. The van der Waals surface area contributed by atoms with E-state index in [1.807, 2.05) is 6.92 Å². The third kappa shape index (κ3) is 2.88. The van der Waals surface area contributed by atoms with Gasteiger partial charge in [-0.15, -0.1) is 11.3 Å². The Morgan fingerprint density at radius 2 is 2.25 bits per heavy atom. The van der Waals surface area contributed by atoms with Gasteiger partial charge in [-0.25, -0.2) is 9.97 Å². The highest BCUT2D eigenvalue weighted by Gasteiger charge is 2.25. The predicted octanol–water partition coefficient (Wildman–Crippen LogP) is 3.90. The number of anilines is 1. The fourth-order valence-electron chi connectivity index (χ4n) is 1.72. The van der Waals surface area contributed by atoms with Crippen LogP contribution < -0.4 is 5.32 Å². The third-order valence-corrected chi connectivity index (χ3v) is 3.95. The highest BCUT2D eigenvalue weighted by Crippen LogP contribution is 2.38. The van der Waals surface area contributed by atoms with Crippen LogP contribution in [-0.2, 0) is 0 Å². The molecular weight excluding hydrogens is 300 g/mol. The molecule has 0 aliphatic carbocycles. The summed E-state index contributed by atoms with van der Waals surface area (Å²) in [7, 11) is 0. The van der Waals surface area contributed by atoms with E-state index in [4.69, 9.17) is 11.6 Å². The minimum Gasteiger partial charge on any atom is -0.354 e. The van der Waals surface area contributed by atoms with Crippen molar-refractivity contribution in [3.63, 3.8) is 0 Å². The summed E-state index contributed by atoms with van der Waals surface area (Å²) >= 11 is 7.39. The third-order valence-electron chi connectivity index (χ3n) is 2.61. The molecule has 0 radical (unpaired) electrons. The van der Waals surface area contributed by atoms with Crippen LogP contribution in [0.1, 0.15) is 19.0 Å². The van der Waals surface area contributed by atoms with Crippen molar-refractivity contribution in [2.45, 2.75) is 20.3 Å². The molecule has 0 bridgehead atoms. The number of aryl methyl sites for hydroxylation is 1. The van der Waals surface area contributed by atoms with Crippen molar-refractivity contribution in [1.82, 2.24) is 9.97 Å². The molecule has 0 aliphatic rings. The molecular formula is C12H13ClN4O2S. The Morgan fingerprint density at radius 1 is 1.50 bits per heavy atom. The number of halogens is 1. The topological polar surface area (TPSA) is 81.0 Å². The molecule has 2 rings (SSSR count). The fraction of sp³-hybridized carbons (Fsp3) is 0.333. The number of rotatable bonds is 5. The summed E-state index contributed by atoms with van der Waals surface area (Å²) in [5.41, 5.74) is 0.487. The summed E-state index contributed by atoms with van der Waals surface area (Å²) in [6.45, 7) is 4.32. The van der Waals surface area contributed by atoms with Crippen LogP contribution in [0.25, 0.3) is 10.6 Å². The van der Waals surface area contributed by atoms with Gasteiger partial charge in [-0.3, -0.25) is 10.1 Å². The monoisotopic (exact) mass is 312 g/mol. The summed E-state index contributed by atoms with van der Waals surface area (Å²) in [5, 5.41) is 16.5. The van der Waals surface area contributed by atoms with E-state index in [2.05, 4.69) is 15.3 Å². The maximum absolute atomic E-state index is 11.2. The quantitative estimate of drug-likeness (QED) is 0.669. The van der Waals surface area contributed by atoms with Gasteiger partial charge in [-0.1, -0.05) is 18.5 Å². The van der Waals surface area contributed by atoms with Gasteiger partial charge in [0.05, 0.1) is 14.8 Å². The lowest BCUT2D eigenvalue weighted by atomic mass is 10.2. The summed E-state index contributed by atoms with van der Waals surface area (Å²) in [6.07, 6.45) is 0.911. The van der Waals surface area contributed by atoms with Gasteiger partial charge in [0.15, 0.2) is 5.69 Å². The van der Waals surface area contributed by atoms with Gasteiger partial charge >= 0.3 is 5.69 Å². The molecule has 106 valence electrons. The maximum atomic E-state index is 11.2. The van der Waals surface area contributed by atoms with Crippen molar-refractivity contribution in [1.29, 1.82) is 0 Å². The molecule has 0 unspecified atom stereocenters. The number of aromatic nitrogens is 2. The molecule has 20 heavy (non-hydrogen) atoms. The molecule has 0 spiro atoms. The van der Waals surface area contributed by atoms with Crippen molar-refractivity contribution in [3.05, 3.63) is 32.3 Å². The van der Waals surface area contributed by atoms with Crippen LogP contribution in [0.15, 0.2) is 11.4 Å². The number of nitro groups is 1. The molecule has 0 aliphatic heterocycles. The number of nitrogens with one attached hydrogen (secondary N) is 1. The first kappa shape index (κ1) is 14.7. The summed E-state index contributed by atoms with van der Waals surface area (Å²) < 4.78 is 0. The predicted molar refractivity (Wildman–Crippen MR) is 80.5 cm³/mol. The Morgan fingerprint density at radius 3 is 2.80 bits per heavy atom. The van der Waals surface area contributed by atoms with Gasteiger partial charge in [0.1, 0.15) is 5.69 Å². The van der Waals surface area contributed by atoms with Crippen molar-refractivity contribution in [2.75, 3.05) is 11.9 Å². The van der Waals surface area contributed by atoms with Gasteiger partial charge in [0.2, 0.25) is 5.95 Å². The Hall–Kier alpha value is -1.73. The number of hydrogen-bond acceptors (Lipinski definition) is 6. The minimum atomic E-state index is -0.468. The van der Waals surface area contributed by atoms with Gasteiger partial charge in [0, 0.05) is 6.54 Å². The highest BCUT2D eigenvalue weighted by molar-refractivity contribution is 7.14. The maximum Gasteiger partial charge on any atom is 0.317 e. The SMILES string of the molecule is CCCNc1nc(C)c([N+](=O)[O-])c(-c2sccc2Cl)n1. The smallest absolute Gasteiger partial charge is 0.317 e. The van der Waals surface area contributed by atoms with Crippen molar-refractivity contribution >= 4 is 34.6 Å². The largest absolute Gasteiger partial charge is 0.354 e. The molecule has 2 heterocycles. The molecule has 0 aromatic carbocycles. The Balaban J connectivity index is 2.59. The van der Waals surface area contributed by atoms with E-state index in [-0.39, 0.29) is 11.4 Å². The van der Waals surface area contributed by atoms with Crippen LogP contribution >= 0.6 is 22.9 Å². The first-order valence-electron chi connectivity index (χ1n) is 6.04. The Bertz CT molecular complexity index is 644. The molecule has 0 saturated carbocycles. The second-order valence-electron chi connectivity index (χ2n) is 4.11. The molecule has 0 fully saturated rings. The lowest BCUT2D eigenvalue weighted by Gasteiger charge is -2.08. The van der Waals surface area contributed by atoms with Crippen LogP contribution in [0.4, 0.5) is 11.6 Å². The zero-order valence-electron chi connectivity index (χ0n) is 11.0. The van der Waals surface area contributed by atoms with E-state index in [0.717, 1.165) is 6.42 Å². The molecule has 6 nitrogen and oxygen atoms in total. The molecule has 2 aromatic heterocycles. The molecule has 2 aromatic rings. The van der Waals surface area contributed by atoms with E-state index in [1.165, 1.54) is 11.3 Å². The molecule has 0 saturated heterocycles. The minimum absolute atomic E-state index is 0.101. The number of nitrogens with zero attached hydrogens (tertiary/aromatic N) is 3. The highest BCUT2D eigenvalue weighted by atomic mass is 35.5. The van der Waals surface area contributed by atoms with Crippen LogP contribution in [-0.4, -0.2) is 21.4 Å². The van der Waals surface area contributed by atoms with Crippen molar-refractivity contribution < 1.29 is 4.92 Å². The van der Waals surface area contributed by atoms with Crippen LogP contribution in [0.3, 0.4) is 0 Å². The standard InChI is InChI=1S/C12H13ClN4O2S/c1-3-5-14-12-15-7(2)10(17(18)19)9(16-12)11-8(13)4-6-20-11/h4,6H,3,5H2,1-2H3,(H,14,15,16). The zero-order valence-corrected chi connectivity index (χ0v) is 12.6. The lowest BCUT2D eigenvalue weighted by Crippen LogP contribution is -2.08. The van der Waals surface area contributed by atoms with Crippen molar-refractivity contribution in [2.24, 2.45) is 0 Å². The summed E-state index contributed by atoms with van der Waals surface area (Å²) in [4.78, 5) is 19.7. The first-order chi connectivity index (χ1) is 9.54. The second kappa shape index (κ2) is 6.15. The average Bonchev–Trinajstić information content (AvgIpc) is 2.81. The van der Waals surface area contributed by atoms with Gasteiger partial charge < -0.3 is 5.32 Å². The van der Waals surface area contributed by atoms with Crippen molar-refractivity contribution in [3.8, 4) is 10.6 Å². The van der Waals surface area contributed by atoms with E-state index < -0.39 is 4.92 Å². The van der Waals surface area contributed by atoms with E-state index in [9.17, 15) is 10.1 Å². The Labute approximate surface area is 125 Å². The normalized spacial score (nSPS) is 10.6. The van der Waals surface area contributed by atoms with Crippen LogP contribution in [0.5, 0.6) is 0 Å². The first-order valence-corrected chi connectivity index (χ1v) is 7.30. The summed E-state index contributed by atoms with van der Waals surface area (Å²) in [6, 6.07) is 1.70. The van der Waals surface area contributed by atoms with Gasteiger partial charge in [-0.05, 0) is 24.8 Å². The van der Waals surface area contributed by atoms with Crippen LogP contribution in [0, 0.1) is 17.0 Å². The average molecular weight is 313 g/mol. The molecule has 8 heteroatoms. The van der Waals surface area contributed by atoms with Crippen LogP contribution in [0.2, 0.25) is 5.02 Å². The van der Waals surface area contributed by atoms with E-state index in [0.29, 0.717) is 28.1 Å². The zero-order chi connectivity index (χ0) is 14.7. The number of thiophene rings is 1. The molecule has 0 amide bonds. The molecule has 0 atom stereocenters. The fourth-order valence-corrected chi connectivity index (χ4v) is 2.86. The Kier molecular flexibility index (Phi) is 4.51. The lowest BCUT2D eigenvalue weighted by molar-refractivity contribution is -0.385. The van der Waals surface area contributed by atoms with E-state index >= 15 is 0 Å². The molecule has 1 N–H and O–H groups in total. The van der Waals surface area contributed by atoms with Gasteiger partial charge in [0.25, 0.3) is 0 Å².